The maximum atomic E-state index is 13.3. The van der Waals surface area contributed by atoms with E-state index in [1.807, 2.05) is 38.1 Å². The van der Waals surface area contributed by atoms with Crippen molar-refractivity contribution < 1.29 is 23.8 Å². The van der Waals surface area contributed by atoms with Gasteiger partial charge in [-0.2, -0.15) is 0 Å². The van der Waals surface area contributed by atoms with Gasteiger partial charge >= 0.3 is 12.0 Å². The molecule has 8 heteroatoms. The van der Waals surface area contributed by atoms with Crippen LogP contribution in [0.3, 0.4) is 0 Å². The monoisotopic (exact) mass is 465 g/mol. The molecule has 0 aliphatic carbocycles. The van der Waals surface area contributed by atoms with Crippen molar-refractivity contribution in [3.63, 3.8) is 0 Å². The molecule has 0 unspecified atom stereocenters. The van der Waals surface area contributed by atoms with Crippen LogP contribution in [0, 0.1) is 13.8 Å². The summed E-state index contributed by atoms with van der Waals surface area (Å²) in [7, 11) is 3.21. The molecule has 0 bridgehead atoms. The third-order valence-corrected chi connectivity index (χ3v) is 5.58. The SMILES string of the molecule is CCOC(=O)c1[nH]c(C)c(CN(Cc2ccc(OC)cc2)C(=O)Nc2ccc(OC)cc2)c1C. The van der Waals surface area contributed by atoms with Crippen molar-refractivity contribution in [3.8, 4) is 11.5 Å². The van der Waals surface area contributed by atoms with Crippen molar-refractivity contribution in [3.05, 3.63) is 76.6 Å². The van der Waals surface area contributed by atoms with E-state index in [0.29, 0.717) is 36.8 Å². The molecule has 0 fully saturated rings. The van der Waals surface area contributed by atoms with Gasteiger partial charge in [-0.1, -0.05) is 12.1 Å². The maximum Gasteiger partial charge on any atom is 0.355 e. The Hall–Kier alpha value is -3.94. The summed E-state index contributed by atoms with van der Waals surface area (Å²) >= 11 is 0. The number of anilines is 1. The molecule has 0 saturated heterocycles. The van der Waals surface area contributed by atoms with Gasteiger partial charge in [-0.25, -0.2) is 9.59 Å². The Morgan fingerprint density at radius 3 is 2.06 bits per heavy atom. The van der Waals surface area contributed by atoms with E-state index in [9.17, 15) is 9.59 Å². The van der Waals surface area contributed by atoms with Crippen LogP contribution in [0.5, 0.6) is 11.5 Å². The number of benzene rings is 2. The van der Waals surface area contributed by atoms with E-state index in [4.69, 9.17) is 14.2 Å². The van der Waals surface area contributed by atoms with Crippen molar-refractivity contribution >= 4 is 17.7 Å². The fourth-order valence-electron chi connectivity index (χ4n) is 3.65. The Kier molecular flexibility index (Phi) is 8.19. The predicted molar refractivity (Wildman–Crippen MR) is 130 cm³/mol. The molecule has 0 aliphatic heterocycles. The second kappa shape index (κ2) is 11.3. The first-order valence-corrected chi connectivity index (χ1v) is 11.0. The quantitative estimate of drug-likeness (QED) is 0.431. The highest BCUT2D eigenvalue weighted by atomic mass is 16.5. The molecule has 0 saturated carbocycles. The summed E-state index contributed by atoms with van der Waals surface area (Å²) < 4.78 is 15.6. The number of urea groups is 1. The third-order valence-electron chi connectivity index (χ3n) is 5.58. The second-order valence-electron chi connectivity index (χ2n) is 7.81. The number of nitrogens with zero attached hydrogens (tertiary/aromatic N) is 1. The van der Waals surface area contributed by atoms with Gasteiger partial charge in [-0.05, 0) is 73.9 Å². The van der Waals surface area contributed by atoms with Crippen LogP contribution in [0.25, 0.3) is 0 Å². The van der Waals surface area contributed by atoms with Crippen LogP contribution in [-0.2, 0) is 17.8 Å². The van der Waals surface area contributed by atoms with Gasteiger partial charge in [0, 0.05) is 24.5 Å². The molecule has 1 aromatic heterocycles. The summed E-state index contributed by atoms with van der Waals surface area (Å²) in [6.45, 7) is 6.48. The van der Waals surface area contributed by atoms with Crippen LogP contribution in [0.4, 0.5) is 10.5 Å². The molecule has 0 spiro atoms. The molecular weight excluding hydrogens is 434 g/mol. The lowest BCUT2D eigenvalue weighted by atomic mass is 10.1. The minimum Gasteiger partial charge on any atom is -0.497 e. The summed E-state index contributed by atoms with van der Waals surface area (Å²) in [6, 6.07) is 14.5. The standard InChI is InChI=1S/C26H31N3O5/c1-6-34-25(30)24-17(2)23(18(3)27-24)16-29(15-19-7-11-21(32-4)12-8-19)26(31)28-20-9-13-22(33-5)14-10-20/h7-14,27H,6,15-16H2,1-5H3,(H,28,31). The number of aromatic nitrogens is 1. The molecule has 2 amide bonds. The number of aryl methyl sites for hydroxylation is 1. The normalized spacial score (nSPS) is 10.5. The number of carbonyl (C=O) groups is 2. The molecule has 1 heterocycles. The van der Waals surface area contributed by atoms with Crippen LogP contribution in [-0.4, -0.2) is 42.7 Å². The number of hydrogen-bond donors (Lipinski definition) is 2. The van der Waals surface area contributed by atoms with E-state index in [0.717, 1.165) is 28.1 Å². The highest BCUT2D eigenvalue weighted by Gasteiger charge is 2.22. The molecule has 34 heavy (non-hydrogen) atoms. The average molecular weight is 466 g/mol. The highest BCUT2D eigenvalue weighted by molar-refractivity contribution is 5.91. The van der Waals surface area contributed by atoms with E-state index in [1.165, 1.54) is 0 Å². The van der Waals surface area contributed by atoms with E-state index in [-0.39, 0.29) is 6.03 Å². The highest BCUT2D eigenvalue weighted by Crippen LogP contribution is 2.23. The fourth-order valence-corrected chi connectivity index (χ4v) is 3.65. The predicted octanol–water partition coefficient (Wildman–Crippen LogP) is 5.06. The first-order valence-electron chi connectivity index (χ1n) is 11.0. The molecule has 180 valence electrons. The number of hydrogen-bond acceptors (Lipinski definition) is 5. The second-order valence-corrected chi connectivity index (χ2v) is 7.81. The number of aromatic amines is 1. The Morgan fingerprint density at radius 1 is 0.912 bits per heavy atom. The summed E-state index contributed by atoms with van der Waals surface area (Å²) in [5.74, 6) is 1.05. The van der Waals surface area contributed by atoms with Gasteiger partial charge in [0.2, 0.25) is 0 Å². The lowest BCUT2D eigenvalue weighted by Gasteiger charge is -2.24. The van der Waals surface area contributed by atoms with Gasteiger partial charge in [0.15, 0.2) is 0 Å². The zero-order valence-electron chi connectivity index (χ0n) is 20.2. The molecule has 2 N–H and O–H groups in total. The number of carbonyl (C=O) groups excluding carboxylic acids is 2. The Bertz CT molecular complexity index is 1120. The lowest BCUT2D eigenvalue weighted by Crippen LogP contribution is -2.34. The van der Waals surface area contributed by atoms with E-state index < -0.39 is 5.97 Å². The Labute approximate surface area is 199 Å². The zero-order valence-corrected chi connectivity index (χ0v) is 20.2. The van der Waals surface area contributed by atoms with E-state index in [2.05, 4.69) is 10.3 Å². The van der Waals surface area contributed by atoms with E-state index in [1.54, 1.807) is 50.3 Å². The van der Waals surface area contributed by atoms with Crippen molar-refractivity contribution in [1.29, 1.82) is 0 Å². The first-order chi connectivity index (χ1) is 16.4. The topological polar surface area (TPSA) is 92.9 Å². The maximum absolute atomic E-state index is 13.3. The molecule has 8 nitrogen and oxygen atoms in total. The molecule has 0 atom stereocenters. The van der Waals surface area contributed by atoms with Gasteiger partial charge in [0.05, 0.1) is 20.8 Å². The Morgan fingerprint density at radius 2 is 1.50 bits per heavy atom. The summed E-state index contributed by atoms with van der Waals surface area (Å²) in [4.78, 5) is 30.5. The smallest absolute Gasteiger partial charge is 0.355 e. The van der Waals surface area contributed by atoms with Crippen molar-refractivity contribution in [2.24, 2.45) is 0 Å². The summed E-state index contributed by atoms with van der Waals surface area (Å²) in [5, 5.41) is 2.95. The summed E-state index contributed by atoms with van der Waals surface area (Å²) in [5.41, 5.74) is 4.48. The molecule has 3 aromatic rings. The molecule has 0 aliphatic rings. The molecule has 0 radical (unpaired) electrons. The largest absolute Gasteiger partial charge is 0.497 e. The van der Waals surface area contributed by atoms with E-state index >= 15 is 0 Å². The van der Waals surface area contributed by atoms with Crippen LogP contribution in [0.2, 0.25) is 0 Å². The van der Waals surface area contributed by atoms with Crippen molar-refractivity contribution in [2.75, 3.05) is 26.1 Å². The summed E-state index contributed by atoms with van der Waals surface area (Å²) in [6.07, 6.45) is 0. The minimum absolute atomic E-state index is 0.265. The zero-order chi connectivity index (χ0) is 24.7. The van der Waals surface area contributed by atoms with Crippen molar-refractivity contribution in [2.45, 2.75) is 33.9 Å². The number of ether oxygens (including phenoxy) is 3. The number of esters is 1. The molecule has 3 rings (SSSR count). The number of nitrogens with one attached hydrogen (secondary N) is 2. The first kappa shape index (κ1) is 24.7. The number of H-pyrrole nitrogens is 1. The van der Waals surface area contributed by atoms with Gasteiger partial charge in [-0.3, -0.25) is 0 Å². The van der Waals surface area contributed by atoms with Gasteiger partial charge in [0.1, 0.15) is 17.2 Å². The number of methoxy groups -OCH3 is 2. The lowest BCUT2D eigenvalue weighted by molar-refractivity contribution is 0.0519. The van der Waals surface area contributed by atoms with Crippen LogP contribution >= 0.6 is 0 Å². The fraction of sp³-hybridized carbons (Fsp3) is 0.308. The Balaban J connectivity index is 1.87. The number of rotatable bonds is 9. The van der Waals surface area contributed by atoms with Gasteiger partial charge < -0.3 is 29.4 Å². The van der Waals surface area contributed by atoms with Crippen LogP contribution in [0.15, 0.2) is 48.5 Å². The van der Waals surface area contributed by atoms with Crippen LogP contribution in [0.1, 0.15) is 39.8 Å². The van der Waals surface area contributed by atoms with Gasteiger partial charge in [0.25, 0.3) is 0 Å². The van der Waals surface area contributed by atoms with Crippen LogP contribution < -0.4 is 14.8 Å². The number of amides is 2. The van der Waals surface area contributed by atoms with Gasteiger partial charge in [-0.15, -0.1) is 0 Å². The average Bonchev–Trinajstić information content (AvgIpc) is 3.13. The minimum atomic E-state index is -0.404. The van der Waals surface area contributed by atoms with Crippen molar-refractivity contribution in [1.82, 2.24) is 9.88 Å². The molecular formula is C26H31N3O5. The molecule has 2 aromatic carbocycles. The third kappa shape index (κ3) is 5.89.